The number of carbonyl (C=O) groups excluding carboxylic acids is 1. The Bertz CT molecular complexity index is 766. The summed E-state index contributed by atoms with van der Waals surface area (Å²) in [6.07, 6.45) is 2.18. The monoisotopic (exact) mass is 384 g/mol. The highest BCUT2D eigenvalue weighted by Gasteiger charge is 2.32. The van der Waals surface area contributed by atoms with Gasteiger partial charge < -0.3 is 14.7 Å². The van der Waals surface area contributed by atoms with Crippen LogP contribution in [0.5, 0.6) is 0 Å². The molecule has 0 radical (unpaired) electrons. The fraction of sp³-hybridized carbons (Fsp3) is 0.409. The van der Waals surface area contributed by atoms with Crippen LogP contribution >= 0.6 is 11.6 Å². The van der Waals surface area contributed by atoms with Crippen molar-refractivity contribution in [3.05, 3.63) is 65.2 Å². The number of hydrogen-bond donors (Lipinski definition) is 1. The maximum atomic E-state index is 12.7. The molecule has 0 spiro atoms. The Morgan fingerprint density at radius 2 is 1.63 bits per heavy atom. The Kier molecular flexibility index (Phi) is 5.65. The van der Waals surface area contributed by atoms with E-state index in [1.54, 1.807) is 11.0 Å². The molecule has 2 fully saturated rings. The molecule has 2 aromatic carbocycles. The van der Waals surface area contributed by atoms with Gasteiger partial charge >= 0.3 is 0 Å². The van der Waals surface area contributed by atoms with Crippen LogP contribution in [0, 0.1) is 0 Å². The Hall–Kier alpha value is -2.04. The number of piperidine rings is 1. The van der Waals surface area contributed by atoms with Crippen LogP contribution in [0.25, 0.3) is 0 Å². The fourth-order valence-corrected chi connectivity index (χ4v) is 4.58. The van der Waals surface area contributed by atoms with E-state index in [4.69, 9.17) is 11.6 Å². The van der Waals surface area contributed by atoms with Crippen molar-refractivity contribution in [2.75, 3.05) is 44.2 Å². The van der Waals surface area contributed by atoms with Gasteiger partial charge in [0.25, 0.3) is 5.91 Å². The highest BCUT2D eigenvalue weighted by atomic mass is 35.5. The molecule has 0 bridgehead atoms. The molecule has 0 unspecified atom stereocenters. The number of amides is 1. The summed E-state index contributed by atoms with van der Waals surface area (Å²) in [5, 5.41) is 0.622. The number of para-hydroxylation sites is 1. The number of piperazine rings is 1. The summed E-state index contributed by atoms with van der Waals surface area (Å²) in [4.78, 5) is 18.9. The predicted molar refractivity (Wildman–Crippen MR) is 110 cm³/mol. The van der Waals surface area contributed by atoms with Gasteiger partial charge in [0.15, 0.2) is 0 Å². The van der Waals surface area contributed by atoms with Crippen LogP contribution in [0.15, 0.2) is 54.6 Å². The van der Waals surface area contributed by atoms with Gasteiger partial charge in [-0.25, -0.2) is 0 Å². The molecular formula is C22H27ClN3O+. The van der Waals surface area contributed by atoms with Crippen LogP contribution in [-0.2, 0) is 0 Å². The second kappa shape index (κ2) is 8.32. The smallest absolute Gasteiger partial charge is 0.253 e. The first-order chi connectivity index (χ1) is 13.2. The van der Waals surface area contributed by atoms with Crippen molar-refractivity contribution in [3.8, 4) is 0 Å². The van der Waals surface area contributed by atoms with Gasteiger partial charge in [0.05, 0.1) is 32.2 Å². The predicted octanol–water partition coefficient (Wildman–Crippen LogP) is 2.35. The van der Waals surface area contributed by atoms with Crippen molar-refractivity contribution in [1.29, 1.82) is 0 Å². The average Bonchev–Trinajstić information content (AvgIpc) is 2.74. The first kappa shape index (κ1) is 18.3. The first-order valence-corrected chi connectivity index (χ1v) is 10.3. The number of hydrogen-bond acceptors (Lipinski definition) is 2. The number of nitrogens with one attached hydrogen (secondary N) is 1. The molecule has 4 rings (SSSR count). The molecule has 0 atom stereocenters. The van der Waals surface area contributed by atoms with E-state index in [-0.39, 0.29) is 5.91 Å². The van der Waals surface area contributed by atoms with Gasteiger partial charge in [-0.05, 0) is 30.3 Å². The van der Waals surface area contributed by atoms with Gasteiger partial charge in [-0.3, -0.25) is 4.79 Å². The summed E-state index contributed by atoms with van der Waals surface area (Å²) in [6, 6.07) is 18.6. The van der Waals surface area contributed by atoms with E-state index in [0.29, 0.717) is 16.6 Å². The summed E-state index contributed by atoms with van der Waals surface area (Å²) in [5.41, 5.74) is 2.03. The molecule has 0 aliphatic carbocycles. The third-order valence-electron chi connectivity index (χ3n) is 5.96. The van der Waals surface area contributed by atoms with Crippen LogP contribution in [0.2, 0.25) is 5.02 Å². The zero-order chi connectivity index (χ0) is 18.6. The lowest BCUT2D eigenvalue weighted by molar-refractivity contribution is -0.927. The maximum Gasteiger partial charge on any atom is 0.253 e. The quantitative estimate of drug-likeness (QED) is 0.879. The zero-order valence-electron chi connectivity index (χ0n) is 15.6. The molecule has 142 valence electrons. The minimum absolute atomic E-state index is 0.111. The number of quaternary nitrogens is 1. The zero-order valence-corrected chi connectivity index (χ0v) is 16.4. The number of rotatable bonds is 3. The lowest BCUT2D eigenvalue weighted by Crippen LogP contribution is -3.18. The van der Waals surface area contributed by atoms with Crippen molar-refractivity contribution in [2.45, 2.75) is 18.9 Å². The van der Waals surface area contributed by atoms with Crippen LogP contribution in [0.1, 0.15) is 23.2 Å². The topological polar surface area (TPSA) is 28.0 Å². The van der Waals surface area contributed by atoms with Crippen LogP contribution in [0.3, 0.4) is 0 Å². The summed E-state index contributed by atoms with van der Waals surface area (Å²) in [6.45, 7) is 6.29. The number of carbonyl (C=O) groups is 1. The molecule has 4 nitrogen and oxygen atoms in total. The van der Waals surface area contributed by atoms with Crippen molar-refractivity contribution >= 4 is 23.2 Å². The van der Waals surface area contributed by atoms with Crippen molar-refractivity contribution in [1.82, 2.24) is 4.90 Å². The number of anilines is 1. The molecule has 2 aromatic rings. The van der Waals surface area contributed by atoms with Crippen molar-refractivity contribution in [2.24, 2.45) is 0 Å². The summed E-state index contributed by atoms with van der Waals surface area (Å²) >= 11 is 6.03. The van der Waals surface area contributed by atoms with Gasteiger partial charge in [0.2, 0.25) is 0 Å². The Morgan fingerprint density at radius 1 is 0.926 bits per heavy atom. The van der Waals surface area contributed by atoms with E-state index in [2.05, 4.69) is 35.2 Å². The summed E-state index contributed by atoms with van der Waals surface area (Å²) in [5.74, 6) is 0.111. The fourth-order valence-electron chi connectivity index (χ4n) is 4.39. The molecule has 0 saturated carbocycles. The second-order valence-electron chi connectivity index (χ2n) is 7.56. The number of nitrogens with zero attached hydrogens (tertiary/aromatic N) is 2. The molecule has 0 aromatic heterocycles. The van der Waals surface area contributed by atoms with E-state index in [0.717, 1.165) is 39.0 Å². The Balaban J connectivity index is 1.28. The van der Waals surface area contributed by atoms with Crippen molar-refractivity contribution in [3.63, 3.8) is 0 Å². The number of benzene rings is 2. The molecular weight excluding hydrogens is 358 g/mol. The highest BCUT2D eigenvalue weighted by Crippen LogP contribution is 2.17. The number of likely N-dealkylation sites (tertiary alicyclic amines) is 1. The van der Waals surface area contributed by atoms with Gasteiger partial charge in [-0.2, -0.15) is 0 Å². The Morgan fingerprint density at radius 3 is 2.30 bits per heavy atom. The summed E-state index contributed by atoms with van der Waals surface area (Å²) < 4.78 is 0. The molecule has 2 aliphatic rings. The SMILES string of the molecule is O=C(c1cccc(Cl)c1)N1CCC([NH+]2CCN(c3ccccc3)CC2)CC1. The lowest BCUT2D eigenvalue weighted by Gasteiger charge is -2.41. The molecule has 1 N–H and O–H groups in total. The lowest BCUT2D eigenvalue weighted by atomic mass is 10.0. The molecule has 5 heteroatoms. The van der Waals surface area contributed by atoms with E-state index in [1.165, 1.54) is 18.8 Å². The van der Waals surface area contributed by atoms with Gasteiger partial charge in [-0.15, -0.1) is 0 Å². The largest absolute Gasteiger partial charge is 0.360 e. The van der Waals surface area contributed by atoms with E-state index < -0.39 is 0 Å². The van der Waals surface area contributed by atoms with Crippen molar-refractivity contribution < 1.29 is 9.69 Å². The van der Waals surface area contributed by atoms with Gasteiger partial charge in [-0.1, -0.05) is 35.9 Å². The standard InChI is InChI=1S/C22H26ClN3O/c23-19-6-4-5-18(17-19)22(27)26-11-9-21(10-12-26)25-15-13-24(14-16-25)20-7-2-1-3-8-20/h1-8,17,21H,9-16H2/p+1. The molecule has 2 aliphatic heterocycles. The van der Waals surface area contributed by atoms with E-state index >= 15 is 0 Å². The third-order valence-corrected chi connectivity index (χ3v) is 6.19. The molecule has 2 saturated heterocycles. The van der Waals surface area contributed by atoms with E-state index in [1.807, 2.05) is 23.1 Å². The third kappa shape index (κ3) is 4.28. The van der Waals surface area contributed by atoms with Crippen LogP contribution in [-0.4, -0.2) is 56.1 Å². The minimum Gasteiger partial charge on any atom is -0.360 e. The highest BCUT2D eigenvalue weighted by molar-refractivity contribution is 6.30. The molecule has 1 amide bonds. The number of halogens is 1. The first-order valence-electron chi connectivity index (χ1n) is 9.90. The minimum atomic E-state index is 0.111. The van der Waals surface area contributed by atoms with E-state index in [9.17, 15) is 4.79 Å². The molecule has 2 heterocycles. The van der Waals surface area contributed by atoms with Crippen LogP contribution < -0.4 is 9.80 Å². The molecule has 27 heavy (non-hydrogen) atoms. The average molecular weight is 385 g/mol. The van der Waals surface area contributed by atoms with Crippen LogP contribution in [0.4, 0.5) is 5.69 Å². The van der Waals surface area contributed by atoms with Gasteiger partial charge in [0.1, 0.15) is 0 Å². The maximum absolute atomic E-state index is 12.7. The second-order valence-corrected chi connectivity index (χ2v) is 7.99. The Labute approximate surface area is 166 Å². The van der Waals surface area contributed by atoms with Gasteiger partial charge in [0, 0.05) is 42.2 Å². The normalized spacial score (nSPS) is 19.3. The summed E-state index contributed by atoms with van der Waals surface area (Å²) in [7, 11) is 0.